The monoisotopic (exact) mass is 402 g/mol. The Morgan fingerprint density at radius 2 is 1.70 bits per heavy atom. The molecule has 0 saturated heterocycles. The van der Waals surface area contributed by atoms with Crippen LogP contribution in [0.3, 0.4) is 0 Å². The SMILES string of the molecule is COc1ccc(-c2nc(N)cc3nc(C)n(Cc4ccccc4)c(=O)c23)cc1OC. The highest BCUT2D eigenvalue weighted by Crippen LogP contribution is 2.34. The van der Waals surface area contributed by atoms with Crippen molar-refractivity contribution in [2.45, 2.75) is 13.5 Å². The molecule has 0 fully saturated rings. The minimum absolute atomic E-state index is 0.168. The largest absolute Gasteiger partial charge is 0.493 e. The van der Waals surface area contributed by atoms with Crippen molar-refractivity contribution >= 4 is 16.7 Å². The average Bonchev–Trinajstić information content (AvgIpc) is 2.76. The number of aryl methyl sites for hydroxylation is 1. The number of hydrogen-bond donors (Lipinski definition) is 1. The minimum Gasteiger partial charge on any atom is -0.493 e. The summed E-state index contributed by atoms with van der Waals surface area (Å²) in [7, 11) is 3.13. The van der Waals surface area contributed by atoms with Crippen molar-refractivity contribution in [2.24, 2.45) is 0 Å². The van der Waals surface area contributed by atoms with Crippen LogP contribution in [0.15, 0.2) is 59.4 Å². The van der Waals surface area contributed by atoms with Gasteiger partial charge in [-0.3, -0.25) is 9.36 Å². The Labute approximate surface area is 173 Å². The van der Waals surface area contributed by atoms with Gasteiger partial charge in [0.15, 0.2) is 11.5 Å². The highest BCUT2D eigenvalue weighted by atomic mass is 16.5. The van der Waals surface area contributed by atoms with Gasteiger partial charge in [-0.15, -0.1) is 0 Å². The number of nitrogens with zero attached hydrogens (tertiary/aromatic N) is 3. The Bertz CT molecular complexity index is 1280. The van der Waals surface area contributed by atoms with Crippen molar-refractivity contribution in [1.82, 2.24) is 14.5 Å². The first-order chi connectivity index (χ1) is 14.5. The highest BCUT2D eigenvalue weighted by molar-refractivity contribution is 5.93. The standard InChI is InChI=1S/C23H22N4O3/c1-14-25-17-12-20(24)26-22(16-9-10-18(29-2)19(11-16)30-3)21(17)23(28)27(14)13-15-7-5-4-6-8-15/h4-12H,13H2,1-3H3,(H2,24,26). The number of anilines is 1. The summed E-state index contributed by atoms with van der Waals surface area (Å²) in [4.78, 5) is 22.6. The van der Waals surface area contributed by atoms with Gasteiger partial charge in [-0.25, -0.2) is 9.97 Å². The molecule has 7 nitrogen and oxygen atoms in total. The maximum absolute atomic E-state index is 13.5. The molecule has 2 heterocycles. The number of aromatic nitrogens is 3. The van der Waals surface area contributed by atoms with E-state index < -0.39 is 0 Å². The molecule has 0 aliphatic rings. The lowest BCUT2D eigenvalue weighted by Gasteiger charge is -2.14. The second kappa shape index (κ2) is 7.87. The van der Waals surface area contributed by atoms with Gasteiger partial charge in [0.05, 0.1) is 37.4 Å². The van der Waals surface area contributed by atoms with E-state index >= 15 is 0 Å². The van der Waals surface area contributed by atoms with Crippen molar-refractivity contribution in [2.75, 3.05) is 20.0 Å². The second-order valence-electron chi connectivity index (χ2n) is 6.90. The van der Waals surface area contributed by atoms with E-state index in [2.05, 4.69) is 9.97 Å². The van der Waals surface area contributed by atoms with E-state index in [9.17, 15) is 4.79 Å². The Kier molecular flexibility index (Phi) is 5.10. The first kappa shape index (κ1) is 19.4. The maximum atomic E-state index is 13.5. The van der Waals surface area contributed by atoms with Gasteiger partial charge in [-0.2, -0.15) is 0 Å². The van der Waals surface area contributed by atoms with Gasteiger partial charge in [0.2, 0.25) is 0 Å². The third kappa shape index (κ3) is 3.45. The summed E-state index contributed by atoms with van der Waals surface area (Å²) in [6.45, 7) is 2.24. The van der Waals surface area contributed by atoms with Crippen LogP contribution in [0.25, 0.3) is 22.2 Å². The van der Waals surface area contributed by atoms with Gasteiger partial charge in [-0.1, -0.05) is 30.3 Å². The molecule has 0 atom stereocenters. The first-order valence-corrected chi connectivity index (χ1v) is 9.46. The second-order valence-corrected chi connectivity index (χ2v) is 6.90. The number of ether oxygens (including phenoxy) is 2. The van der Waals surface area contributed by atoms with Crippen LogP contribution in [0.1, 0.15) is 11.4 Å². The van der Waals surface area contributed by atoms with Crippen LogP contribution in [-0.2, 0) is 6.54 Å². The van der Waals surface area contributed by atoms with Crippen molar-refractivity contribution < 1.29 is 9.47 Å². The summed E-state index contributed by atoms with van der Waals surface area (Å²) in [6.07, 6.45) is 0. The predicted molar refractivity (Wildman–Crippen MR) is 117 cm³/mol. The van der Waals surface area contributed by atoms with Crippen LogP contribution >= 0.6 is 0 Å². The zero-order valence-electron chi connectivity index (χ0n) is 17.0. The average molecular weight is 402 g/mol. The molecule has 4 aromatic rings. The molecule has 2 N–H and O–H groups in total. The van der Waals surface area contributed by atoms with Crippen LogP contribution in [0.2, 0.25) is 0 Å². The lowest BCUT2D eigenvalue weighted by molar-refractivity contribution is 0.355. The van der Waals surface area contributed by atoms with Crippen LogP contribution < -0.4 is 20.8 Å². The number of nitrogens with two attached hydrogens (primary N) is 1. The smallest absolute Gasteiger partial charge is 0.263 e. The van der Waals surface area contributed by atoms with Crippen LogP contribution in [0.4, 0.5) is 5.82 Å². The maximum Gasteiger partial charge on any atom is 0.263 e. The third-order valence-electron chi connectivity index (χ3n) is 4.99. The summed E-state index contributed by atoms with van der Waals surface area (Å²) >= 11 is 0. The zero-order chi connectivity index (χ0) is 21.3. The number of pyridine rings is 1. The Morgan fingerprint density at radius 1 is 0.967 bits per heavy atom. The van der Waals surface area contributed by atoms with Crippen molar-refractivity contribution in [3.8, 4) is 22.8 Å². The fraction of sp³-hybridized carbons (Fsp3) is 0.174. The molecule has 4 rings (SSSR count). The number of fused-ring (bicyclic) bond motifs is 1. The number of methoxy groups -OCH3 is 2. The van der Waals surface area contributed by atoms with Crippen molar-refractivity contribution in [3.63, 3.8) is 0 Å². The molecule has 0 saturated carbocycles. The van der Waals surface area contributed by atoms with E-state index in [1.165, 1.54) is 0 Å². The molecule has 0 aliphatic carbocycles. The summed E-state index contributed by atoms with van der Waals surface area (Å²) in [5, 5.41) is 0.415. The molecule has 30 heavy (non-hydrogen) atoms. The number of rotatable bonds is 5. The summed E-state index contributed by atoms with van der Waals surface area (Å²) in [6, 6.07) is 16.8. The third-order valence-corrected chi connectivity index (χ3v) is 4.99. The molecular formula is C23H22N4O3. The fourth-order valence-corrected chi connectivity index (χ4v) is 3.51. The van der Waals surface area contributed by atoms with E-state index in [-0.39, 0.29) is 5.56 Å². The van der Waals surface area contributed by atoms with Gasteiger partial charge in [-0.05, 0) is 30.7 Å². The van der Waals surface area contributed by atoms with E-state index in [1.54, 1.807) is 37.0 Å². The zero-order valence-corrected chi connectivity index (χ0v) is 17.0. The number of hydrogen-bond acceptors (Lipinski definition) is 6. The van der Waals surface area contributed by atoms with Gasteiger partial charge >= 0.3 is 0 Å². The quantitative estimate of drug-likeness (QED) is 0.550. The van der Waals surface area contributed by atoms with Gasteiger partial charge in [0, 0.05) is 11.6 Å². The summed E-state index contributed by atoms with van der Waals surface area (Å²) < 4.78 is 12.4. The molecule has 2 aromatic carbocycles. The Morgan fingerprint density at radius 3 is 2.40 bits per heavy atom. The van der Waals surface area contributed by atoms with E-state index in [0.717, 1.165) is 5.56 Å². The highest BCUT2D eigenvalue weighted by Gasteiger charge is 2.17. The first-order valence-electron chi connectivity index (χ1n) is 9.46. The Balaban J connectivity index is 1.96. The molecule has 0 amide bonds. The molecule has 0 radical (unpaired) electrons. The normalized spacial score (nSPS) is 10.9. The molecular weight excluding hydrogens is 380 g/mol. The van der Waals surface area contributed by atoms with Crippen LogP contribution in [-0.4, -0.2) is 28.8 Å². The number of nitrogen functional groups attached to an aromatic ring is 1. The molecule has 0 spiro atoms. The van der Waals surface area contributed by atoms with Gasteiger partial charge in [0.1, 0.15) is 11.6 Å². The lowest BCUT2D eigenvalue weighted by atomic mass is 10.1. The van der Waals surface area contributed by atoms with Gasteiger partial charge < -0.3 is 15.2 Å². The molecule has 0 unspecified atom stereocenters. The summed E-state index contributed by atoms with van der Waals surface area (Å²) in [5.41, 5.74) is 8.55. The molecule has 2 aromatic heterocycles. The van der Waals surface area contributed by atoms with Crippen molar-refractivity contribution in [1.29, 1.82) is 0 Å². The van der Waals surface area contributed by atoms with Gasteiger partial charge in [0.25, 0.3) is 5.56 Å². The van der Waals surface area contributed by atoms with E-state index in [4.69, 9.17) is 15.2 Å². The fourth-order valence-electron chi connectivity index (χ4n) is 3.51. The van der Waals surface area contributed by atoms with Crippen LogP contribution in [0, 0.1) is 6.92 Å². The van der Waals surface area contributed by atoms with Crippen molar-refractivity contribution in [3.05, 3.63) is 76.3 Å². The molecule has 0 aliphatic heterocycles. The molecule has 7 heteroatoms. The van der Waals surface area contributed by atoms with Crippen LogP contribution in [0.5, 0.6) is 11.5 Å². The van der Waals surface area contributed by atoms with E-state index in [0.29, 0.717) is 51.8 Å². The lowest BCUT2D eigenvalue weighted by Crippen LogP contribution is -2.25. The van der Waals surface area contributed by atoms with E-state index in [1.807, 2.05) is 43.3 Å². The number of benzene rings is 2. The predicted octanol–water partition coefficient (Wildman–Crippen LogP) is 3.41. The molecule has 0 bridgehead atoms. The topological polar surface area (TPSA) is 92.3 Å². The molecule has 152 valence electrons. The Hall–Kier alpha value is -3.87. The summed E-state index contributed by atoms with van der Waals surface area (Å²) in [5.74, 6) is 2.03. The minimum atomic E-state index is -0.168.